The van der Waals surface area contributed by atoms with Crippen molar-refractivity contribution in [1.29, 1.82) is 0 Å². The number of nitrogens with zero attached hydrogens (tertiary/aromatic N) is 1. The highest BCUT2D eigenvalue weighted by atomic mass is 35.5. The average Bonchev–Trinajstić information content (AvgIpc) is 3.45. The second-order valence-corrected chi connectivity index (χ2v) is 7.57. The van der Waals surface area contributed by atoms with Gasteiger partial charge in [-0.3, -0.25) is 19.7 Å². The summed E-state index contributed by atoms with van der Waals surface area (Å²) < 4.78 is 0. The Hall–Kier alpha value is -2.58. The molecule has 140 valence electrons. The van der Waals surface area contributed by atoms with Gasteiger partial charge in [0.15, 0.2) is 0 Å². The zero-order chi connectivity index (χ0) is 19.4. The van der Waals surface area contributed by atoms with E-state index in [2.05, 4.69) is 10.6 Å². The topological polar surface area (TPSA) is 101 Å². The fourth-order valence-corrected chi connectivity index (χ4v) is 3.31. The summed E-state index contributed by atoms with van der Waals surface area (Å²) in [6, 6.07) is 11.4. The van der Waals surface area contributed by atoms with E-state index in [4.69, 9.17) is 11.6 Å². The number of nitro benzene ring substituents is 1. The molecule has 2 aromatic rings. The summed E-state index contributed by atoms with van der Waals surface area (Å²) in [6.45, 7) is -0.162. The molecular weight excluding hydrogens is 390 g/mol. The molecule has 3 rings (SSSR count). The van der Waals surface area contributed by atoms with E-state index in [-0.39, 0.29) is 29.7 Å². The van der Waals surface area contributed by atoms with E-state index in [9.17, 15) is 19.7 Å². The van der Waals surface area contributed by atoms with Gasteiger partial charge in [-0.15, -0.1) is 0 Å². The number of hydrogen-bond donors (Lipinski definition) is 2. The quantitative estimate of drug-likeness (QED) is 0.543. The molecular formula is C18H16ClN3O4S. The molecule has 0 aliphatic heterocycles. The minimum absolute atomic E-state index is 0.126. The summed E-state index contributed by atoms with van der Waals surface area (Å²) in [6.07, 6.45) is 1.91. The van der Waals surface area contributed by atoms with Crippen molar-refractivity contribution in [3.63, 3.8) is 0 Å². The van der Waals surface area contributed by atoms with Crippen LogP contribution in [0.15, 0.2) is 52.3 Å². The van der Waals surface area contributed by atoms with Gasteiger partial charge in [0.05, 0.1) is 16.4 Å². The smallest absolute Gasteiger partial charge is 0.284 e. The van der Waals surface area contributed by atoms with Crippen LogP contribution in [0.5, 0.6) is 0 Å². The number of carbonyl (C=O) groups is 2. The molecule has 1 aliphatic rings. The van der Waals surface area contributed by atoms with E-state index >= 15 is 0 Å². The Balaban J connectivity index is 1.70. The molecule has 1 fully saturated rings. The molecule has 1 saturated carbocycles. The van der Waals surface area contributed by atoms with E-state index in [1.807, 2.05) is 0 Å². The maximum Gasteiger partial charge on any atom is 0.284 e. The number of carbonyl (C=O) groups excluding carboxylic acids is 2. The lowest BCUT2D eigenvalue weighted by atomic mass is 10.2. The van der Waals surface area contributed by atoms with Gasteiger partial charge >= 0.3 is 0 Å². The van der Waals surface area contributed by atoms with Crippen LogP contribution in [0.2, 0.25) is 5.02 Å². The largest absolute Gasteiger partial charge is 0.352 e. The van der Waals surface area contributed by atoms with Crippen LogP contribution in [-0.4, -0.2) is 29.3 Å². The molecule has 27 heavy (non-hydrogen) atoms. The van der Waals surface area contributed by atoms with Crippen molar-refractivity contribution in [2.75, 3.05) is 6.54 Å². The van der Waals surface area contributed by atoms with E-state index in [0.717, 1.165) is 17.7 Å². The average molecular weight is 406 g/mol. The highest BCUT2D eigenvalue weighted by Crippen LogP contribution is 2.35. The lowest BCUT2D eigenvalue weighted by Crippen LogP contribution is -2.37. The number of nitrogens with one attached hydrogen (secondary N) is 2. The van der Waals surface area contributed by atoms with Crippen molar-refractivity contribution in [3.05, 3.63) is 63.2 Å². The lowest BCUT2D eigenvalue weighted by molar-refractivity contribution is -0.387. The molecule has 2 amide bonds. The van der Waals surface area contributed by atoms with E-state index in [1.165, 1.54) is 30.0 Å². The van der Waals surface area contributed by atoms with Crippen molar-refractivity contribution in [2.45, 2.75) is 28.7 Å². The molecule has 2 aromatic carbocycles. The standard InChI is InChI=1S/C18H16ClN3O4S/c19-12-2-6-14(7-3-12)27-16-8-1-11(9-15(16)22(25)26)18(24)20-10-17(23)21-13-4-5-13/h1-3,6-9,13H,4-5,10H2,(H,20,24)(H,21,23). The van der Waals surface area contributed by atoms with Crippen LogP contribution in [-0.2, 0) is 4.79 Å². The predicted octanol–water partition coefficient (Wildman–Crippen LogP) is 3.41. The zero-order valence-corrected chi connectivity index (χ0v) is 15.7. The Bertz CT molecular complexity index is 885. The Morgan fingerprint density at radius 1 is 1.19 bits per heavy atom. The Labute approximate surface area is 164 Å². The Morgan fingerprint density at radius 2 is 1.89 bits per heavy atom. The monoisotopic (exact) mass is 405 g/mol. The summed E-state index contributed by atoms with van der Waals surface area (Å²) >= 11 is 7.05. The number of nitro groups is 1. The molecule has 2 N–H and O–H groups in total. The third-order valence-electron chi connectivity index (χ3n) is 3.81. The van der Waals surface area contributed by atoms with Gasteiger partial charge < -0.3 is 10.6 Å². The summed E-state index contributed by atoms with van der Waals surface area (Å²) in [5, 5.41) is 17.2. The molecule has 7 nitrogen and oxygen atoms in total. The SMILES string of the molecule is O=C(CNC(=O)c1ccc(Sc2ccc(Cl)cc2)c([N+](=O)[O-])c1)NC1CC1. The molecule has 9 heteroatoms. The van der Waals surface area contributed by atoms with Crippen molar-refractivity contribution in [3.8, 4) is 0 Å². The third-order valence-corrected chi connectivity index (χ3v) is 5.14. The molecule has 0 unspecified atom stereocenters. The number of rotatable bonds is 7. The number of hydrogen-bond acceptors (Lipinski definition) is 5. The van der Waals surface area contributed by atoms with Gasteiger partial charge in [-0.2, -0.15) is 0 Å². The predicted molar refractivity (Wildman–Crippen MR) is 102 cm³/mol. The summed E-state index contributed by atoms with van der Waals surface area (Å²) in [4.78, 5) is 35.9. The van der Waals surface area contributed by atoms with Crippen LogP contribution in [0.1, 0.15) is 23.2 Å². The Morgan fingerprint density at radius 3 is 2.52 bits per heavy atom. The second kappa shape index (κ2) is 8.41. The Kier molecular flexibility index (Phi) is 5.98. The van der Waals surface area contributed by atoms with Gasteiger partial charge in [-0.25, -0.2) is 0 Å². The van der Waals surface area contributed by atoms with Gasteiger partial charge in [0.1, 0.15) is 0 Å². The molecule has 0 spiro atoms. The fourth-order valence-electron chi connectivity index (χ4n) is 2.29. The number of amides is 2. The maximum absolute atomic E-state index is 12.2. The van der Waals surface area contributed by atoms with Crippen LogP contribution in [0.4, 0.5) is 5.69 Å². The second-order valence-electron chi connectivity index (χ2n) is 6.02. The normalized spacial score (nSPS) is 13.1. The fraction of sp³-hybridized carbons (Fsp3) is 0.222. The maximum atomic E-state index is 12.2. The van der Waals surface area contributed by atoms with Gasteiger partial charge in [0, 0.05) is 27.6 Å². The minimum atomic E-state index is -0.535. The van der Waals surface area contributed by atoms with Crippen LogP contribution < -0.4 is 10.6 Å². The zero-order valence-electron chi connectivity index (χ0n) is 14.1. The first-order valence-electron chi connectivity index (χ1n) is 8.22. The highest BCUT2D eigenvalue weighted by molar-refractivity contribution is 7.99. The number of benzene rings is 2. The van der Waals surface area contributed by atoms with Crippen LogP contribution >= 0.6 is 23.4 Å². The van der Waals surface area contributed by atoms with E-state index in [0.29, 0.717) is 9.92 Å². The first kappa shape index (κ1) is 19.2. The van der Waals surface area contributed by atoms with Gasteiger partial charge in [0.2, 0.25) is 5.91 Å². The van der Waals surface area contributed by atoms with E-state index in [1.54, 1.807) is 24.3 Å². The summed E-state index contributed by atoms with van der Waals surface area (Å²) in [5.74, 6) is -0.803. The van der Waals surface area contributed by atoms with Crippen LogP contribution in [0.3, 0.4) is 0 Å². The van der Waals surface area contributed by atoms with Crippen molar-refractivity contribution in [1.82, 2.24) is 10.6 Å². The highest BCUT2D eigenvalue weighted by Gasteiger charge is 2.23. The number of halogens is 1. The molecule has 0 radical (unpaired) electrons. The van der Waals surface area contributed by atoms with Crippen molar-refractivity contribution >= 4 is 40.9 Å². The van der Waals surface area contributed by atoms with Crippen LogP contribution in [0.25, 0.3) is 0 Å². The molecule has 0 atom stereocenters. The molecule has 0 heterocycles. The van der Waals surface area contributed by atoms with Crippen molar-refractivity contribution < 1.29 is 14.5 Å². The molecule has 0 bridgehead atoms. The van der Waals surface area contributed by atoms with Gasteiger partial charge in [0.25, 0.3) is 11.6 Å². The van der Waals surface area contributed by atoms with Gasteiger partial charge in [-0.05, 0) is 49.2 Å². The lowest BCUT2D eigenvalue weighted by Gasteiger charge is -2.08. The summed E-state index contributed by atoms with van der Waals surface area (Å²) in [5.41, 5.74) is -0.0496. The van der Waals surface area contributed by atoms with E-state index < -0.39 is 10.8 Å². The third kappa shape index (κ3) is 5.45. The molecule has 0 aromatic heterocycles. The van der Waals surface area contributed by atoms with Crippen LogP contribution in [0, 0.1) is 10.1 Å². The summed E-state index contributed by atoms with van der Waals surface area (Å²) in [7, 11) is 0. The minimum Gasteiger partial charge on any atom is -0.352 e. The van der Waals surface area contributed by atoms with Crippen molar-refractivity contribution in [2.24, 2.45) is 0 Å². The first-order valence-corrected chi connectivity index (χ1v) is 9.41. The molecule has 1 aliphatic carbocycles. The van der Waals surface area contributed by atoms with Gasteiger partial charge in [-0.1, -0.05) is 23.4 Å². The first-order chi connectivity index (χ1) is 12.9. The molecule has 0 saturated heterocycles.